The van der Waals surface area contributed by atoms with Crippen LogP contribution in [-0.4, -0.2) is 19.2 Å². The second-order valence-corrected chi connectivity index (χ2v) is 6.29. The molecule has 4 aromatic rings. The summed E-state index contributed by atoms with van der Waals surface area (Å²) >= 11 is 5.92. The lowest BCUT2D eigenvalue weighted by Gasteiger charge is -2.07. The van der Waals surface area contributed by atoms with E-state index in [1.807, 2.05) is 65.5 Å². The van der Waals surface area contributed by atoms with Gasteiger partial charge in [0.2, 0.25) is 0 Å². The molecule has 6 heteroatoms. The first-order valence-corrected chi connectivity index (χ1v) is 8.49. The maximum Gasteiger partial charge on any atom is 0.273 e. The molecule has 1 aromatic carbocycles. The third-order valence-electron chi connectivity index (χ3n) is 3.98. The normalized spacial score (nSPS) is 11.4. The van der Waals surface area contributed by atoms with E-state index in [-0.39, 0.29) is 5.56 Å². The minimum absolute atomic E-state index is 0.125. The van der Waals surface area contributed by atoms with E-state index in [1.165, 1.54) is 6.07 Å². The van der Waals surface area contributed by atoms with Crippen molar-refractivity contribution in [2.24, 2.45) is 0 Å². The van der Waals surface area contributed by atoms with Crippen LogP contribution in [0, 0.1) is 0 Å². The lowest BCUT2D eigenvalue weighted by atomic mass is 10.2. The lowest BCUT2D eigenvalue weighted by Crippen LogP contribution is -2.21. The molecule has 0 saturated carbocycles. The van der Waals surface area contributed by atoms with Crippen molar-refractivity contribution in [2.45, 2.75) is 6.54 Å². The third-order valence-corrected chi connectivity index (χ3v) is 4.23. The molecule has 26 heavy (non-hydrogen) atoms. The quantitative estimate of drug-likeness (QED) is 0.555. The van der Waals surface area contributed by atoms with Crippen LogP contribution >= 0.6 is 11.6 Å². The molecule has 0 saturated heterocycles. The van der Waals surface area contributed by atoms with Crippen molar-refractivity contribution in [3.8, 4) is 0 Å². The Kier molecular flexibility index (Phi) is 4.37. The molecular formula is C20H15ClN4O. The van der Waals surface area contributed by atoms with Crippen LogP contribution in [0.25, 0.3) is 17.8 Å². The van der Waals surface area contributed by atoms with Gasteiger partial charge < -0.3 is 0 Å². The second-order valence-electron chi connectivity index (χ2n) is 5.85. The highest BCUT2D eigenvalue weighted by Gasteiger charge is 2.06. The standard InChI is InChI=1S/C20H15ClN4O/c21-17-6-3-16(4-7-17)14-24-11-9-19-23-18(12-20(26)25(19)24)8-5-15-2-1-10-22-13-15/h1-13H,14H2. The summed E-state index contributed by atoms with van der Waals surface area (Å²) in [6.45, 7) is 0.563. The first-order valence-electron chi connectivity index (χ1n) is 8.11. The maximum absolute atomic E-state index is 12.6. The molecule has 0 N–H and O–H groups in total. The summed E-state index contributed by atoms with van der Waals surface area (Å²) in [6, 6.07) is 14.7. The van der Waals surface area contributed by atoms with Crippen LogP contribution in [0.4, 0.5) is 0 Å². The first-order chi connectivity index (χ1) is 12.7. The van der Waals surface area contributed by atoms with Gasteiger partial charge in [-0.25, -0.2) is 4.98 Å². The number of benzene rings is 1. The van der Waals surface area contributed by atoms with Crippen molar-refractivity contribution >= 4 is 29.4 Å². The van der Waals surface area contributed by atoms with Gasteiger partial charge in [-0.15, -0.1) is 0 Å². The highest BCUT2D eigenvalue weighted by Crippen LogP contribution is 2.12. The minimum atomic E-state index is -0.125. The fourth-order valence-electron chi connectivity index (χ4n) is 2.74. The van der Waals surface area contributed by atoms with Gasteiger partial charge in [0.25, 0.3) is 5.56 Å². The molecule has 0 aliphatic carbocycles. The van der Waals surface area contributed by atoms with Crippen LogP contribution < -0.4 is 5.56 Å². The highest BCUT2D eigenvalue weighted by atomic mass is 35.5. The number of halogens is 1. The zero-order chi connectivity index (χ0) is 17.9. The number of fused-ring (bicyclic) bond motifs is 1. The lowest BCUT2D eigenvalue weighted by molar-refractivity contribution is 0.620. The van der Waals surface area contributed by atoms with E-state index < -0.39 is 0 Å². The zero-order valence-electron chi connectivity index (χ0n) is 13.8. The Labute approximate surface area is 154 Å². The average Bonchev–Trinajstić information content (AvgIpc) is 3.06. The third kappa shape index (κ3) is 3.43. The van der Waals surface area contributed by atoms with Gasteiger partial charge in [-0.05, 0) is 35.4 Å². The molecule has 5 nitrogen and oxygen atoms in total. The molecule has 0 fully saturated rings. The maximum atomic E-state index is 12.6. The van der Waals surface area contributed by atoms with Crippen molar-refractivity contribution in [2.75, 3.05) is 0 Å². The van der Waals surface area contributed by atoms with Crippen molar-refractivity contribution < 1.29 is 0 Å². The van der Waals surface area contributed by atoms with Crippen LogP contribution in [0.15, 0.2) is 71.9 Å². The van der Waals surface area contributed by atoms with Crippen LogP contribution in [0.5, 0.6) is 0 Å². The number of pyridine rings is 1. The van der Waals surface area contributed by atoms with Gasteiger partial charge in [0, 0.05) is 35.7 Å². The van der Waals surface area contributed by atoms with E-state index >= 15 is 0 Å². The predicted molar refractivity (Wildman–Crippen MR) is 103 cm³/mol. The minimum Gasteiger partial charge on any atom is -0.279 e. The molecule has 0 aliphatic heterocycles. The fraction of sp³-hybridized carbons (Fsp3) is 0.0500. The largest absolute Gasteiger partial charge is 0.279 e. The Morgan fingerprint density at radius 2 is 1.92 bits per heavy atom. The summed E-state index contributed by atoms with van der Waals surface area (Å²) < 4.78 is 3.40. The van der Waals surface area contributed by atoms with Gasteiger partial charge >= 0.3 is 0 Å². The van der Waals surface area contributed by atoms with Gasteiger partial charge in [0.15, 0.2) is 5.65 Å². The molecule has 0 radical (unpaired) electrons. The van der Waals surface area contributed by atoms with Gasteiger partial charge in [-0.3, -0.25) is 14.5 Å². The number of aromatic nitrogens is 4. The molecule has 0 amide bonds. The van der Waals surface area contributed by atoms with Crippen molar-refractivity contribution in [3.05, 3.63) is 99.3 Å². The van der Waals surface area contributed by atoms with Gasteiger partial charge in [0.1, 0.15) is 0 Å². The fourth-order valence-corrected chi connectivity index (χ4v) is 2.87. The number of hydrogen-bond acceptors (Lipinski definition) is 3. The Bertz CT molecular complexity index is 1130. The van der Waals surface area contributed by atoms with Crippen molar-refractivity contribution in [1.82, 2.24) is 19.2 Å². The zero-order valence-corrected chi connectivity index (χ0v) is 14.5. The molecule has 3 aromatic heterocycles. The number of hydrogen-bond donors (Lipinski definition) is 0. The van der Waals surface area contributed by atoms with Crippen molar-refractivity contribution in [1.29, 1.82) is 0 Å². The molecular weight excluding hydrogens is 348 g/mol. The summed E-state index contributed by atoms with van der Waals surface area (Å²) in [4.78, 5) is 21.2. The van der Waals surface area contributed by atoms with E-state index in [4.69, 9.17) is 11.6 Å². The first kappa shape index (κ1) is 16.3. The summed E-state index contributed by atoms with van der Waals surface area (Å²) in [5.74, 6) is 0. The van der Waals surface area contributed by atoms with Crippen LogP contribution in [0.1, 0.15) is 16.8 Å². The SMILES string of the molecule is O=c1cc(C=Cc2cccnc2)nc2ccn(Cc3ccc(Cl)cc3)n12. The van der Waals surface area contributed by atoms with Gasteiger partial charge in [-0.1, -0.05) is 35.9 Å². The van der Waals surface area contributed by atoms with Crippen LogP contribution in [0.3, 0.4) is 0 Å². The summed E-state index contributed by atoms with van der Waals surface area (Å²) in [6.07, 6.45) is 9.03. The Morgan fingerprint density at radius 3 is 2.69 bits per heavy atom. The van der Waals surface area contributed by atoms with E-state index in [9.17, 15) is 4.79 Å². The molecule has 4 rings (SSSR count). The second kappa shape index (κ2) is 6.98. The number of nitrogens with zero attached hydrogens (tertiary/aromatic N) is 4. The Morgan fingerprint density at radius 1 is 1.08 bits per heavy atom. The van der Waals surface area contributed by atoms with E-state index in [1.54, 1.807) is 16.9 Å². The predicted octanol–water partition coefficient (Wildman–Crippen LogP) is 3.76. The molecule has 0 unspecified atom stereocenters. The van der Waals surface area contributed by atoms with E-state index in [0.717, 1.165) is 11.1 Å². The molecule has 0 bridgehead atoms. The Balaban J connectivity index is 1.66. The Hall–Kier alpha value is -3.18. The van der Waals surface area contributed by atoms with Crippen LogP contribution in [-0.2, 0) is 6.54 Å². The summed E-state index contributed by atoms with van der Waals surface area (Å²) in [5, 5.41) is 0.690. The van der Waals surface area contributed by atoms with Gasteiger partial charge in [0.05, 0.1) is 12.2 Å². The monoisotopic (exact) mass is 362 g/mol. The van der Waals surface area contributed by atoms with E-state index in [2.05, 4.69) is 9.97 Å². The van der Waals surface area contributed by atoms with Gasteiger partial charge in [-0.2, -0.15) is 4.52 Å². The van der Waals surface area contributed by atoms with Crippen LogP contribution in [0.2, 0.25) is 5.02 Å². The number of rotatable bonds is 4. The molecule has 0 atom stereocenters. The average molecular weight is 363 g/mol. The smallest absolute Gasteiger partial charge is 0.273 e. The highest BCUT2D eigenvalue weighted by molar-refractivity contribution is 6.30. The summed E-state index contributed by atoms with van der Waals surface area (Å²) in [7, 11) is 0. The van der Waals surface area contributed by atoms with Crippen molar-refractivity contribution in [3.63, 3.8) is 0 Å². The van der Waals surface area contributed by atoms with E-state index in [0.29, 0.717) is 22.9 Å². The topological polar surface area (TPSA) is 52.2 Å². The molecule has 0 spiro atoms. The summed E-state index contributed by atoms with van der Waals surface area (Å²) in [5.41, 5.74) is 3.11. The molecule has 0 aliphatic rings. The molecule has 3 heterocycles. The molecule has 128 valence electrons.